The number of anilines is 1. The summed E-state index contributed by atoms with van der Waals surface area (Å²) in [5.74, 6) is -0.279. The number of methoxy groups -OCH3 is 1. The quantitative estimate of drug-likeness (QED) is 0.901. The molecule has 1 saturated heterocycles. The van der Waals surface area contributed by atoms with Crippen molar-refractivity contribution in [2.75, 3.05) is 25.5 Å². The molecule has 0 radical (unpaired) electrons. The molecule has 2 aromatic rings. The lowest BCUT2D eigenvalue weighted by atomic mass is 9.87. The number of ether oxygens (including phenoxy) is 1. The number of benzene rings is 1. The van der Waals surface area contributed by atoms with Crippen LogP contribution in [0.4, 0.5) is 10.1 Å². The van der Waals surface area contributed by atoms with Gasteiger partial charge in [-0.2, -0.15) is 5.10 Å². The molecule has 1 amide bonds. The molecule has 0 atom stereocenters. The van der Waals surface area contributed by atoms with Crippen LogP contribution in [0.25, 0.3) is 0 Å². The van der Waals surface area contributed by atoms with E-state index in [0.29, 0.717) is 31.7 Å². The maximum absolute atomic E-state index is 14.0. The molecule has 6 nitrogen and oxygen atoms in total. The van der Waals surface area contributed by atoms with Gasteiger partial charge in [0.15, 0.2) is 0 Å². The van der Waals surface area contributed by atoms with E-state index in [4.69, 9.17) is 4.74 Å². The van der Waals surface area contributed by atoms with Crippen LogP contribution in [0.2, 0.25) is 0 Å². The zero-order chi connectivity index (χ0) is 16.3. The summed E-state index contributed by atoms with van der Waals surface area (Å²) in [6.45, 7) is 1.40. The van der Waals surface area contributed by atoms with Crippen molar-refractivity contribution in [3.8, 4) is 5.75 Å². The van der Waals surface area contributed by atoms with Crippen LogP contribution in [-0.4, -0.2) is 35.9 Å². The van der Waals surface area contributed by atoms with Gasteiger partial charge in [0.1, 0.15) is 17.1 Å². The summed E-state index contributed by atoms with van der Waals surface area (Å²) in [6, 6.07) is 6.05. The van der Waals surface area contributed by atoms with Gasteiger partial charge in [0.05, 0.1) is 12.8 Å². The van der Waals surface area contributed by atoms with E-state index in [1.807, 2.05) is 0 Å². The minimum atomic E-state index is -0.815. The van der Waals surface area contributed by atoms with Crippen LogP contribution in [-0.2, 0) is 10.3 Å². The van der Waals surface area contributed by atoms with E-state index in [9.17, 15) is 9.18 Å². The highest BCUT2D eigenvalue weighted by Crippen LogP contribution is 2.30. The Hall–Kier alpha value is -2.41. The van der Waals surface area contributed by atoms with Crippen LogP contribution < -0.4 is 15.4 Å². The van der Waals surface area contributed by atoms with Crippen molar-refractivity contribution >= 4 is 11.6 Å². The number of nitrogens with zero attached hydrogens (tertiary/aromatic N) is 2. The molecule has 1 aromatic carbocycles. The Bertz CT molecular complexity index is 681. The van der Waals surface area contributed by atoms with Crippen LogP contribution in [0.15, 0.2) is 36.7 Å². The monoisotopic (exact) mass is 318 g/mol. The number of hydrogen-bond donors (Lipinski definition) is 2. The molecule has 0 unspecified atom stereocenters. The van der Waals surface area contributed by atoms with Crippen molar-refractivity contribution in [3.63, 3.8) is 0 Å². The molecule has 1 aromatic heterocycles. The average Bonchev–Trinajstić information content (AvgIpc) is 3.12. The normalized spacial score (nSPS) is 16.8. The van der Waals surface area contributed by atoms with Gasteiger partial charge in [-0.1, -0.05) is 0 Å². The number of amides is 1. The fourth-order valence-electron chi connectivity index (χ4n) is 2.89. The second-order valence-electron chi connectivity index (χ2n) is 5.53. The zero-order valence-electron chi connectivity index (χ0n) is 12.9. The number of carbonyl (C=O) groups is 1. The van der Waals surface area contributed by atoms with Crippen LogP contribution in [0.3, 0.4) is 0 Å². The van der Waals surface area contributed by atoms with E-state index in [0.717, 1.165) is 0 Å². The minimum Gasteiger partial charge on any atom is -0.497 e. The predicted octanol–water partition coefficient (Wildman–Crippen LogP) is 1.75. The molecule has 1 aliphatic heterocycles. The van der Waals surface area contributed by atoms with E-state index in [2.05, 4.69) is 15.7 Å². The molecule has 2 heterocycles. The number of halogens is 1. The first-order chi connectivity index (χ1) is 11.2. The SMILES string of the molecule is COc1ccc(F)c(NC(=O)C2(n3cccn3)CCNCC2)c1. The molecule has 2 N–H and O–H groups in total. The van der Waals surface area contributed by atoms with E-state index in [-0.39, 0.29) is 11.6 Å². The predicted molar refractivity (Wildman–Crippen MR) is 83.9 cm³/mol. The first-order valence-corrected chi connectivity index (χ1v) is 7.51. The first-order valence-electron chi connectivity index (χ1n) is 7.51. The lowest BCUT2D eigenvalue weighted by molar-refractivity contribution is -0.126. The molecule has 3 rings (SSSR count). The molecule has 122 valence electrons. The van der Waals surface area contributed by atoms with Gasteiger partial charge in [0, 0.05) is 18.5 Å². The van der Waals surface area contributed by atoms with Gasteiger partial charge in [-0.3, -0.25) is 9.48 Å². The van der Waals surface area contributed by atoms with Crippen LogP contribution in [0.1, 0.15) is 12.8 Å². The van der Waals surface area contributed by atoms with Gasteiger partial charge >= 0.3 is 0 Å². The fraction of sp³-hybridized carbons (Fsp3) is 0.375. The number of rotatable bonds is 4. The maximum atomic E-state index is 14.0. The molecule has 0 saturated carbocycles. The van der Waals surface area contributed by atoms with Crippen LogP contribution >= 0.6 is 0 Å². The number of hydrogen-bond acceptors (Lipinski definition) is 4. The number of carbonyl (C=O) groups excluding carboxylic acids is 1. The van der Waals surface area contributed by atoms with E-state index >= 15 is 0 Å². The molecule has 0 aliphatic carbocycles. The lowest BCUT2D eigenvalue weighted by Gasteiger charge is -2.36. The fourth-order valence-corrected chi connectivity index (χ4v) is 2.89. The van der Waals surface area contributed by atoms with Crippen LogP contribution in [0.5, 0.6) is 5.75 Å². The van der Waals surface area contributed by atoms with Gasteiger partial charge in [-0.25, -0.2) is 4.39 Å². The van der Waals surface area contributed by atoms with Crippen molar-refractivity contribution in [1.29, 1.82) is 0 Å². The van der Waals surface area contributed by atoms with Gasteiger partial charge in [0.25, 0.3) is 5.91 Å². The minimum absolute atomic E-state index is 0.111. The Morgan fingerprint density at radius 1 is 1.43 bits per heavy atom. The van der Waals surface area contributed by atoms with Crippen molar-refractivity contribution < 1.29 is 13.9 Å². The van der Waals surface area contributed by atoms with Gasteiger partial charge in [-0.05, 0) is 44.1 Å². The average molecular weight is 318 g/mol. The largest absolute Gasteiger partial charge is 0.497 e. The third-order valence-electron chi connectivity index (χ3n) is 4.22. The molecule has 1 fully saturated rings. The first kappa shape index (κ1) is 15.5. The third kappa shape index (κ3) is 2.92. The summed E-state index contributed by atoms with van der Waals surface area (Å²) in [7, 11) is 1.50. The molecule has 23 heavy (non-hydrogen) atoms. The van der Waals surface area contributed by atoms with Crippen molar-refractivity contribution in [2.24, 2.45) is 0 Å². The molecule has 0 bridgehead atoms. The molecule has 1 aliphatic rings. The van der Waals surface area contributed by atoms with Gasteiger partial charge in [0.2, 0.25) is 0 Å². The maximum Gasteiger partial charge on any atom is 0.252 e. The van der Waals surface area contributed by atoms with Crippen LogP contribution in [0, 0.1) is 5.82 Å². The lowest BCUT2D eigenvalue weighted by Crippen LogP contribution is -2.52. The van der Waals surface area contributed by atoms with Crippen molar-refractivity contribution in [1.82, 2.24) is 15.1 Å². The van der Waals surface area contributed by atoms with Crippen molar-refractivity contribution in [3.05, 3.63) is 42.5 Å². The van der Waals surface area contributed by atoms with Gasteiger partial charge in [-0.15, -0.1) is 0 Å². The Kier molecular flexibility index (Phi) is 4.29. The van der Waals surface area contributed by atoms with E-state index in [1.165, 1.54) is 25.3 Å². The molecule has 0 spiro atoms. The second kappa shape index (κ2) is 6.37. The number of nitrogens with one attached hydrogen (secondary N) is 2. The topological polar surface area (TPSA) is 68.2 Å². The van der Waals surface area contributed by atoms with E-state index in [1.54, 1.807) is 23.1 Å². The highest BCUT2D eigenvalue weighted by Gasteiger charge is 2.42. The Morgan fingerprint density at radius 2 is 2.22 bits per heavy atom. The molecule has 7 heteroatoms. The zero-order valence-corrected chi connectivity index (χ0v) is 12.9. The Labute approximate surface area is 133 Å². The smallest absolute Gasteiger partial charge is 0.252 e. The van der Waals surface area contributed by atoms with Gasteiger partial charge < -0.3 is 15.4 Å². The molecular formula is C16H19FN4O2. The summed E-state index contributed by atoms with van der Waals surface area (Å²) in [6.07, 6.45) is 4.59. The summed E-state index contributed by atoms with van der Waals surface area (Å²) in [5, 5.41) is 10.2. The second-order valence-corrected chi connectivity index (χ2v) is 5.53. The Morgan fingerprint density at radius 3 is 2.87 bits per heavy atom. The highest BCUT2D eigenvalue weighted by molar-refractivity contribution is 5.97. The molecular weight excluding hydrogens is 299 g/mol. The standard InChI is InChI=1S/C16H19FN4O2/c1-23-12-3-4-13(17)14(11-12)20-15(22)16(5-8-18-9-6-16)21-10-2-7-19-21/h2-4,7,10-11,18H,5-6,8-9H2,1H3,(H,20,22). The number of aromatic nitrogens is 2. The summed E-state index contributed by atoms with van der Waals surface area (Å²) in [5.41, 5.74) is -0.705. The Balaban J connectivity index is 1.90. The summed E-state index contributed by atoms with van der Waals surface area (Å²) >= 11 is 0. The number of piperidine rings is 1. The highest BCUT2D eigenvalue weighted by atomic mass is 19.1. The van der Waals surface area contributed by atoms with E-state index < -0.39 is 11.4 Å². The summed E-state index contributed by atoms with van der Waals surface area (Å²) in [4.78, 5) is 12.9. The summed E-state index contributed by atoms with van der Waals surface area (Å²) < 4.78 is 20.8. The van der Waals surface area contributed by atoms with Crippen molar-refractivity contribution in [2.45, 2.75) is 18.4 Å². The third-order valence-corrected chi connectivity index (χ3v) is 4.22.